The zero-order chi connectivity index (χ0) is 15.7. The van der Waals surface area contributed by atoms with Crippen molar-refractivity contribution in [2.75, 3.05) is 20.3 Å². The number of ether oxygens (including phenoxy) is 1. The van der Waals surface area contributed by atoms with Gasteiger partial charge in [0.15, 0.2) is 0 Å². The summed E-state index contributed by atoms with van der Waals surface area (Å²) in [6.07, 6.45) is 0. The van der Waals surface area contributed by atoms with Crippen molar-refractivity contribution in [1.29, 1.82) is 0 Å². The number of carbonyl (C=O) groups excluding carboxylic acids is 2. The molecule has 4 N–H and O–H groups in total. The van der Waals surface area contributed by atoms with Crippen LogP contribution in [0.3, 0.4) is 0 Å². The number of carbonyl (C=O) groups is 3. The van der Waals surface area contributed by atoms with E-state index in [0.717, 1.165) is 0 Å². The number of carboxylic acid groups (broad SMARTS) is 1. The van der Waals surface area contributed by atoms with Gasteiger partial charge in [0.2, 0.25) is 5.91 Å². The molecule has 0 saturated heterocycles. The Morgan fingerprint density at radius 2 is 1.75 bits per heavy atom. The fourth-order valence-corrected chi connectivity index (χ4v) is 1.28. The normalized spacial score (nSPS) is 14.8. The number of hydrogen-bond acceptors (Lipinski definition) is 4. The van der Waals surface area contributed by atoms with Crippen molar-refractivity contribution in [3.05, 3.63) is 0 Å². The van der Waals surface area contributed by atoms with E-state index in [9.17, 15) is 14.4 Å². The lowest BCUT2D eigenvalue weighted by atomic mass is 10.0. The number of carboxylic acids is 1. The van der Waals surface area contributed by atoms with Crippen molar-refractivity contribution in [1.82, 2.24) is 16.0 Å². The van der Waals surface area contributed by atoms with Crippen LogP contribution in [0.2, 0.25) is 0 Å². The van der Waals surface area contributed by atoms with Gasteiger partial charge in [-0.2, -0.15) is 0 Å². The van der Waals surface area contributed by atoms with Crippen molar-refractivity contribution in [3.63, 3.8) is 0 Å². The molecule has 0 rings (SSSR count). The van der Waals surface area contributed by atoms with Gasteiger partial charge in [0.1, 0.15) is 6.04 Å². The Morgan fingerprint density at radius 1 is 1.15 bits per heavy atom. The smallest absolute Gasteiger partial charge is 0.315 e. The van der Waals surface area contributed by atoms with Gasteiger partial charge >= 0.3 is 12.0 Å². The van der Waals surface area contributed by atoms with Crippen LogP contribution in [0.1, 0.15) is 20.8 Å². The van der Waals surface area contributed by atoms with Crippen molar-refractivity contribution in [2.24, 2.45) is 5.92 Å². The largest absolute Gasteiger partial charge is 0.481 e. The van der Waals surface area contributed by atoms with E-state index in [1.165, 1.54) is 21.0 Å². The lowest BCUT2D eigenvalue weighted by Gasteiger charge is -2.20. The van der Waals surface area contributed by atoms with Crippen LogP contribution in [-0.2, 0) is 14.3 Å². The van der Waals surface area contributed by atoms with Gasteiger partial charge in [0.25, 0.3) is 0 Å². The van der Waals surface area contributed by atoms with Crippen LogP contribution in [0.4, 0.5) is 4.79 Å². The second-order valence-electron chi connectivity index (χ2n) is 4.54. The molecule has 3 unspecified atom stereocenters. The Bertz CT molecular complexity index is 348. The van der Waals surface area contributed by atoms with Crippen molar-refractivity contribution < 1.29 is 24.2 Å². The van der Waals surface area contributed by atoms with Crippen molar-refractivity contribution >= 4 is 17.9 Å². The molecule has 0 aliphatic carbocycles. The van der Waals surface area contributed by atoms with E-state index in [-0.39, 0.29) is 5.91 Å². The molecule has 8 nitrogen and oxygen atoms in total. The average molecular weight is 289 g/mol. The van der Waals surface area contributed by atoms with Gasteiger partial charge in [-0.1, -0.05) is 0 Å². The van der Waals surface area contributed by atoms with Gasteiger partial charge < -0.3 is 25.8 Å². The van der Waals surface area contributed by atoms with Gasteiger partial charge in [0, 0.05) is 19.7 Å². The maximum absolute atomic E-state index is 11.6. The van der Waals surface area contributed by atoms with Crippen LogP contribution in [0.5, 0.6) is 0 Å². The summed E-state index contributed by atoms with van der Waals surface area (Å²) < 4.78 is 4.78. The van der Waals surface area contributed by atoms with E-state index in [0.29, 0.717) is 13.2 Å². The summed E-state index contributed by atoms with van der Waals surface area (Å²) >= 11 is 0. The monoisotopic (exact) mass is 289 g/mol. The summed E-state index contributed by atoms with van der Waals surface area (Å²) in [5.41, 5.74) is 0. The molecule has 116 valence electrons. The minimum atomic E-state index is -0.997. The van der Waals surface area contributed by atoms with Gasteiger partial charge in [-0.25, -0.2) is 4.79 Å². The molecule has 8 heteroatoms. The van der Waals surface area contributed by atoms with Crippen LogP contribution in [0, 0.1) is 5.92 Å². The molecule has 0 aromatic rings. The predicted octanol–water partition coefficient (Wildman–Crippen LogP) is -0.454. The molecule has 3 atom stereocenters. The maximum atomic E-state index is 11.6. The number of amides is 3. The van der Waals surface area contributed by atoms with Crippen LogP contribution in [-0.4, -0.2) is 55.4 Å². The minimum Gasteiger partial charge on any atom is -0.481 e. The lowest BCUT2D eigenvalue weighted by Crippen LogP contribution is -2.52. The first-order chi connectivity index (χ1) is 9.29. The van der Waals surface area contributed by atoms with Gasteiger partial charge in [0.05, 0.1) is 12.5 Å². The third-order valence-corrected chi connectivity index (χ3v) is 2.84. The second-order valence-corrected chi connectivity index (χ2v) is 4.54. The quantitative estimate of drug-likeness (QED) is 0.451. The van der Waals surface area contributed by atoms with Gasteiger partial charge in [-0.05, 0) is 20.8 Å². The van der Waals surface area contributed by atoms with Crippen molar-refractivity contribution in [2.45, 2.75) is 32.9 Å². The number of aliphatic carboxylic acids is 1. The summed E-state index contributed by atoms with van der Waals surface area (Å²) in [6.45, 7) is 5.36. The molecule has 0 aliphatic heterocycles. The van der Waals surface area contributed by atoms with Crippen LogP contribution in [0.15, 0.2) is 0 Å². The highest BCUT2D eigenvalue weighted by Crippen LogP contribution is 2.01. The second kappa shape index (κ2) is 9.13. The highest BCUT2D eigenvalue weighted by atomic mass is 16.5. The molecular formula is C12H23N3O5. The number of hydrogen-bond donors (Lipinski definition) is 4. The predicted molar refractivity (Wildman–Crippen MR) is 72.3 cm³/mol. The molecule has 0 spiro atoms. The van der Waals surface area contributed by atoms with Crippen LogP contribution >= 0.6 is 0 Å². The number of rotatable bonds is 8. The van der Waals surface area contributed by atoms with E-state index in [2.05, 4.69) is 16.0 Å². The molecule has 0 fully saturated rings. The number of nitrogens with one attached hydrogen (secondary N) is 3. The first-order valence-corrected chi connectivity index (χ1v) is 6.36. The summed E-state index contributed by atoms with van der Waals surface area (Å²) in [4.78, 5) is 33.9. The fourth-order valence-electron chi connectivity index (χ4n) is 1.28. The molecule has 0 bridgehead atoms. The molecule has 0 saturated carbocycles. The number of methoxy groups -OCH3 is 1. The molecule has 3 amide bonds. The van der Waals surface area contributed by atoms with Crippen molar-refractivity contribution in [3.8, 4) is 0 Å². The van der Waals surface area contributed by atoms with E-state index < -0.39 is 30.0 Å². The molecule has 0 heterocycles. The minimum absolute atomic E-state index is 0.337. The third-order valence-electron chi connectivity index (χ3n) is 2.84. The summed E-state index contributed by atoms with van der Waals surface area (Å²) in [6, 6.07) is -1.85. The third kappa shape index (κ3) is 6.93. The van der Waals surface area contributed by atoms with E-state index in [1.807, 2.05) is 0 Å². The Morgan fingerprint density at radius 3 is 2.25 bits per heavy atom. The van der Waals surface area contributed by atoms with Crippen LogP contribution in [0.25, 0.3) is 0 Å². The summed E-state index contributed by atoms with van der Waals surface area (Å²) in [5, 5.41) is 16.3. The SMILES string of the molecule is COCCNC(=O)C(C)NC(=O)NC(C)C(C)C(=O)O. The lowest BCUT2D eigenvalue weighted by molar-refractivity contribution is -0.141. The zero-order valence-corrected chi connectivity index (χ0v) is 12.2. The first-order valence-electron chi connectivity index (χ1n) is 6.36. The Labute approximate surface area is 118 Å². The van der Waals surface area contributed by atoms with Gasteiger partial charge in [-0.15, -0.1) is 0 Å². The maximum Gasteiger partial charge on any atom is 0.315 e. The Kier molecular flexibility index (Phi) is 8.30. The molecule has 20 heavy (non-hydrogen) atoms. The van der Waals surface area contributed by atoms with E-state index >= 15 is 0 Å². The van der Waals surface area contributed by atoms with E-state index in [4.69, 9.17) is 9.84 Å². The topological polar surface area (TPSA) is 117 Å². The Hall–Kier alpha value is -1.83. The molecule has 0 radical (unpaired) electrons. The fraction of sp³-hybridized carbons (Fsp3) is 0.750. The average Bonchev–Trinajstić information content (AvgIpc) is 2.37. The molecule has 0 aromatic carbocycles. The van der Waals surface area contributed by atoms with E-state index in [1.54, 1.807) is 6.92 Å². The molecule has 0 aromatic heterocycles. The molecular weight excluding hydrogens is 266 g/mol. The Balaban J connectivity index is 4.12. The first kappa shape index (κ1) is 18.2. The van der Waals surface area contributed by atoms with Crippen LogP contribution < -0.4 is 16.0 Å². The number of urea groups is 1. The summed E-state index contributed by atoms with van der Waals surface area (Å²) in [7, 11) is 1.52. The van der Waals surface area contributed by atoms with Gasteiger partial charge in [-0.3, -0.25) is 9.59 Å². The standard InChI is InChI=1S/C12H23N3O5/c1-7(11(17)18)8(2)14-12(19)15-9(3)10(16)13-5-6-20-4/h7-9H,5-6H2,1-4H3,(H,13,16)(H,17,18)(H2,14,15,19). The highest BCUT2D eigenvalue weighted by molar-refractivity contribution is 5.86. The summed E-state index contributed by atoms with van der Waals surface area (Å²) in [5.74, 6) is -2.05. The molecule has 0 aliphatic rings. The highest BCUT2D eigenvalue weighted by Gasteiger charge is 2.22. The zero-order valence-electron chi connectivity index (χ0n) is 12.2.